The molecule has 2 rings (SSSR count). The number of carbonyl (C=O) groups is 2. The monoisotopic (exact) mass is 400 g/mol. The highest BCUT2D eigenvalue weighted by Gasteiger charge is 2.28. The van der Waals surface area contributed by atoms with Crippen LogP contribution in [0, 0.1) is 5.92 Å². The van der Waals surface area contributed by atoms with E-state index in [0.717, 1.165) is 25.7 Å². The Hall–Kier alpha value is -1.60. The van der Waals surface area contributed by atoms with Crippen LogP contribution in [0.5, 0.6) is 0 Å². The number of imide groups is 1. The van der Waals surface area contributed by atoms with Gasteiger partial charge in [0.05, 0.1) is 11.7 Å². The summed E-state index contributed by atoms with van der Waals surface area (Å²) in [5.74, 6) is -0.545. The van der Waals surface area contributed by atoms with Crippen molar-refractivity contribution in [3.8, 4) is 0 Å². The molecule has 144 valence electrons. The molecule has 0 aliphatic heterocycles. The zero-order valence-electron chi connectivity index (χ0n) is 14.8. The summed E-state index contributed by atoms with van der Waals surface area (Å²) >= 11 is 6.22. The molecular formula is C18H25ClN2O4S. The van der Waals surface area contributed by atoms with Crippen molar-refractivity contribution in [3.05, 3.63) is 34.3 Å². The topological polar surface area (TPSA) is 92.3 Å². The lowest BCUT2D eigenvalue weighted by molar-refractivity contribution is -0.121. The van der Waals surface area contributed by atoms with Crippen LogP contribution in [0.2, 0.25) is 5.02 Å². The second-order valence-corrected chi connectivity index (χ2v) is 8.02. The number of halogens is 1. The molecule has 1 aliphatic rings. The second-order valence-electron chi connectivity index (χ2n) is 6.63. The van der Waals surface area contributed by atoms with Crippen molar-refractivity contribution in [3.63, 3.8) is 0 Å². The number of rotatable bonds is 7. The first-order chi connectivity index (χ1) is 12.4. The Balaban J connectivity index is 2.22. The SMILES string of the molecule is CCNC(=O)NC(=O)C(CC1CCCC1)c1ccc(C[SH](=O)=O)c(Cl)c1. The third kappa shape index (κ3) is 5.99. The summed E-state index contributed by atoms with van der Waals surface area (Å²) in [6.45, 7) is 2.21. The number of benzene rings is 1. The van der Waals surface area contributed by atoms with E-state index < -0.39 is 22.7 Å². The van der Waals surface area contributed by atoms with Gasteiger partial charge in [-0.2, -0.15) is 0 Å². The molecule has 2 N–H and O–H groups in total. The minimum Gasteiger partial charge on any atom is -0.338 e. The summed E-state index contributed by atoms with van der Waals surface area (Å²) in [7, 11) is -2.57. The van der Waals surface area contributed by atoms with Crippen LogP contribution in [0.3, 0.4) is 0 Å². The van der Waals surface area contributed by atoms with Crippen molar-refractivity contribution in [1.29, 1.82) is 0 Å². The lowest BCUT2D eigenvalue weighted by atomic mass is 9.87. The molecule has 1 aliphatic carbocycles. The van der Waals surface area contributed by atoms with Gasteiger partial charge < -0.3 is 5.32 Å². The first kappa shape index (κ1) is 20.7. The maximum absolute atomic E-state index is 12.7. The molecule has 0 heterocycles. The van der Waals surface area contributed by atoms with Gasteiger partial charge in [0.25, 0.3) is 0 Å². The first-order valence-electron chi connectivity index (χ1n) is 8.89. The quantitative estimate of drug-likeness (QED) is 0.613. The minimum absolute atomic E-state index is 0.132. The number of thiol groups is 1. The predicted octanol–water partition coefficient (Wildman–Crippen LogP) is 2.96. The van der Waals surface area contributed by atoms with Gasteiger partial charge in [-0.25, -0.2) is 13.2 Å². The van der Waals surface area contributed by atoms with E-state index in [2.05, 4.69) is 10.6 Å². The summed E-state index contributed by atoms with van der Waals surface area (Å²) in [5, 5.41) is 5.27. The van der Waals surface area contributed by atoms with E-state index in [4.69, 9.17) is 11.6 Å². The molecule has 0 spiro atoms. The number of amides is 3. The second kappa shape index (κ2) is 9.92. The third-order valence-electron chi connectivity index (χ3n) is 4.71. The highest BCUT2D eigenvalue weighted by Crippen LogP contribution is 2.35. The Bertz CT molecular complexity index is 722. The highest BCUT2D eigenvalue weighted by atomic mass is 35.5. The average Bonchev–Trinajstić information content (AvgIpc) is 3.07. The van der Waals surface area contributed by atoms with Gasteiger partial charge in [-0.3, -0.25) is 10.1 Å². The summed E-state index contributed by atoms with van der Waals surface area (Å²) < 4.78 is 21.9. The number of hydrogen-bond donors (Lipinski definition) is 3. The fourth-order valence-electron chi connectivity index (χ4n) is 3.43. The van der Waals surface area contributed by atoms with Crippen LogP contribution in [-0.4, -0.2) is 26.9 Å². The van der Waals surface area contributed by atoms with Crippen LogP contribution < -0.4 is 10.6 Å². The summed E-state index contributed by atoms with van der Waals surface area (Å²) in [4.78, 5) is 24.4. The van der Waals surface area contributed by atoms with Crippen LogP contribution in [0.15, 0.2) is 18.2 Å². The molecule has 1 aromatic carbocycles. The fourth-order valence-corrected chi connectivity index (χ4v) is 4.33. The van der Waals surface area contributed by atoms with Crippen LogP contribution in [0.1, 0.15) is 56.1 Å². The Morgan fingerprint density at radius 2 is 1.96 bits per heavy atom. The summed E-state index contributed by atoms with van der Waals surface area (Å²) in [6, 6.07) is 4.51. The normalized spacial score (nSPS) is 15.8. The van der Waals surface area contributed by atoms with E-state index in [1.54, 1.807) is 25.1 Å². The van der Waals surface area contributed by atoms with E-state index >= 15 is 0 Å². The minimum atomic E-state index is -2.57. The molecule has 3 amide bonds. The van der Waals surface area contributed by atoms with Crippen molar-refractivity contribution >= 4 is 34.2 Å². The van der Waals surface area contributed by atoms with Gasteiger partial charge in [0.15, 0.2) is 0 Å². The summed E-state index contributed by atoms with van der Waals surface area (Å²) in [6.07, 6.45) is 5.12. The lowest BCUT2D eigenvalue weighted by Crippen LogP contribution is -2.42. The van der Waals surface area contributed by atoms with Gasteiger partial charge in [-0.15, -0.1) is 0 Å². The van der Waals surface area contributed by atoms with Gasteiger partial charge in [0.2, 0.25) is 5.91 Å². The third-order valence-corrected chi connectivity index (χ3v) is 5.66. The molecular weight excluding hydrogens is 376 g/mol. The number of hydrogen-bond acceptors (Lipinski definition) is 4. The van der Waals surface area contributed by atoms with E-state index in [9.17, 15) is 18.0 Å². The van der Waals surface area contributed by atoms with Gasteiger partial charge in [0, 0.05) is 11.6 Å². The van der Waals surface area contributed by atoms with Crippen molar-refractivity contribution in [2.75, 3.05) is 6.54 Å². The van der Waals surface area contributed by atoms with Crippen LogP contribution >= 0.6 is 11.6 Å². The molecule has 0 bridgehead atoms. The van der Waals surface area contributed by atoms with Crippen molar-refractivity contribution in [2.45, 2.75) is 50.7 Å². The maximum Gasteiger partial charge on any atom is 0.321 e. The molecule has 0 saturated heterocycles. The number of urea groups is 1. The van der Waals surface area contributed by atoms with E-state index in [1.807, 2.05) is 0 Å². The van der Waals surface area contributed by atoms with Crippen molar-refractivity contribution < 1.29 is 18.0 Å². The van der Waals surface area contributed by atoms with Crippen LogP contribution in [0.25, 0.3) is 0 Å². The zero-order valence-corrected chi connectivity index (χ0v) is 16.4. The molecule has 26 heavy (non-hydrogen) atoms. The average molecular weight is 401 g/mol. The molecule has 1 atom stereocenters. The molecule has 8 heteroatoms. The van der Waals surface area contributed by atoms with Gasteiger partial charge in [0.1, 0.15) is 10.7 Å². The largest absolute Gasteiger partial charge is 0.338 e. The standard InChI is InChI=1S/C18H25ClN2O4S/c1-2-20-18(23)21-17(22)15(9-12-5-3-4-6-12)13-7-8-14(11-26(24)25)16(19)10-13/h7-8,10,12,15,26H,2-6,9,11H2,1H3,(H2,20,21,22,23). The van der Waals surface area contributed by atoms with Gasteiger partial charge in [-0.1, -0.05) is 49.4 Å². The smallest absolute Gasteiger partial charge is 0.321 e. The Morgan fingerprint density at radius 1 is 1.27 bits per heavy atom. The van der Waals surface area contributed by atoms with Gasteiger partial charge in [-0.05, 0) is 36.5 Å². The first-order valence-corrected chi connectivity index (χ1v) is 10.6. The van der Waals surface area contributed by atoms with Crippen LogP contribution in [-0.2, 0) is 21.3 Å². The Morgan fingerprint density at radius 3 is 2.54 bits per heavy atom. The Kier molecular flexibility index (Phi) is 7.90. The fraction of sp³-hybridized carbons (Fsp3) is 0.556. The molecule has 1 saturated carbocycles. The zero-order chi connectivity index (χ0) is 19.1. The molecule has 0 aromatic heterocycles. The van der Waals surface area contributed by atoms with Crippen molar-refractivity contribution in [1.82, 2.24) is 10.6 Å². The number of nitrogens with one attached hydrogen (secondary N) is 2. The molecule has 1 aromatic rings. The highest BCUT2D eigenvalue weighted by molar-refractivity contribution is 7.71. The Labute approximate surface area is 160 Å². The molecule has 1 unspecified atom stereocenters. The maximum atomic E-state index is 12.7. The van der Waals surface area contributed by atoms with Gasteiger partial charge >= 0.3 is 6.03 Å². The van der Waals surface area contributed by atoms with E-state index in [1.165, 1.54) is 0 Å². The van der Waals surface area contributed by atoms with E-state index in [-0.39, 0.29) is 11.7 Å². The number of carbonyl (C=O) groups excluding carboxylic acids is 2. The van der Waals surface area contributed by atoms with Crippen LogP contribution in [0.4, 0.5) is 4.79 Å². The molecule has 1 fully saturated rings. The molecule has 6 nitrogen and oxygen atoms in total. The van der Waals surface area contributed by atoms with Crippen molar-refractivity contribution in [2.24, 2.45) is 5.92 Å². The lowest BCUT2D eigenvalue weighted by Gasteiger charge is -2.21. The predicted molar refractivity (Wildman–Crippen MR) is 102 cm³/mol. The molecule has 0 radical (unpaired) electrons. The summed E-state index contributed by atoms with van der Waals surface area (Å²) in [5.41, 5.74) is 1.21. The van der Waals surface area contributed by atoms with E-state index in [0.29, 0.717) is 35.0 Å².